The van der Waals surface area contributed by atoms with Gasteiger partial charge in [-0.2, -0.15) is 0 Å². The van der Waals surface area contributed by atoms with Crippen LogP contribution in [0, 0.1) is 6.92 Å². The molecule has 0 atom stereocenters. The van der Waals surface area contributed by atoms with Gasteiger partial charge in [-0.1, -0.05) is 6.07 Å². The molecule has 7 heteroatoms. The van der Waals surface area contributed by atoms with Gasteiger partial charge >= 0.3 is 11.6 Å². The minimum absolute atomic E-state index is 0.221. The van der Waals surface area contributed by atoms with E-state index >= 15 is 0 Å². The Hall–Kier alpha value is -3.48. The minimum Gasteiger partial charge on any atom is -0.493 e. The van der Waals surface area contributed by atoms with Crippen LogP contribution < -0.4 is 19.8 Å². The highest BCUT2D eigenvalue weighted by atomic mass is 16.6. The molecule has 0 aliphatic heterocycles. The topological polar surface area (TPSA) is 84.2 Å². The van der Waals surface area contributed by atoms with Crippen molar-refractivity contribution in [3.63, 3.8) is 0 Å². The number of hydrogen-bond acceptors (Lipinski definition) is 7. The number of benzene rings is 2. The molecule has 164 valence electrons. The second-order valence-electron chi connectivity index (χ2n) is 7.99. The average molecular weight is 426 g/mol. The zero-order valence-corrected chi connectivity index (χ0v) is 18.5. The Morgan fingerprint density at radius 2 is 1.71 bits per heavy atom. The summed E-state index contributed by atoms with van der Waals surface area (Å²) >= 11 is 0. The number of carbonyl (C=O) groups is 1. The van der Waals surface area contributed by atoms with Gasteiger partial charge in [0.1, 0.15) is 16.9 Å². The molecule has 0 spiro atoms. The van der Waals surface area contributed by atoms with Crippen LogP contribution in [0.3, 0.4) is 0 Å². The number of hydrogen-bond donors (Lipinski definition) is 0. The van der Waals surface area contributed by atoms with Crippen molar-refractivity contribution in [2.24, 2.45) is 0 Å². The number of carbonyl (C=O) groups excluding carboxylic acids is 1. The molecule has 0 fully saturated rings. The zero-order chi connectivity index (χ0) is 22.8. The van der Waals surface area contributed by atoms with Crippen molar-refractivity contribution in [1.29, 1.82) is 0 Å². The number of esters is 1. The molecule has 7 nitrogen and oxygen atoms in total. The first-order valence-electron chi connectivity index (χ1n) is 9.77. The molecule has 1 aromatic heterocycles. The second-order valence-corrected chi connectivity index (χ2v) is 7.99. The Kier molecular flexibility index (Phi) is 6.24. The number of fused-ring (bicyclic) bond motifs is 1. The van der Waals surface area contributed by atoms with Gasteiger partial charge in [0.15, 0.2) is 18.1 Å². The smallest absolute Gasteiger partial charge is 0.344 e. The fourth-order valence-corrected chi connectivity index (χ4v) is 3.26. The molecule has 0 amide bonds. The molecule has 0 aliphatic rings. The molecule has 1 heterocycles. The summed E-state index contributed by atoms with van der Waals surface area (Å²) in [4.78, 5) is 24.6. The molecule has 3 rings (SSSR count). The number of ether oxygens (including phenoxy) is 4. The van der Waals surface area contributed by atoms with Gasteiger partial charge in [-0.25, -0.2) is 9.59 Å². The number of methoxy groups -OCH3 is 2. The van der Waals surface area contributed by atoms with E-state index in [0.29, 0.717) is 39.3 Å². The van der Waals surface area contributed by atoms with Crippen LogP contribution in [0.5, 0.6) is 17.2 Å². The van der Waals surface area contributed by atoms with Crippen LogP contribution in [0.1, 0.15) is 26.3 Å². The monoisotopic (exact) mass is 426 g/mol. The lowest BCUT2D eigenvalue weighted by molar-refractivity contribution is -0.157. The van der Waals surface area contributed by atoms with Gasteiger partial charge in [-0.05, 0) is 69.2 Å². The molecule has 0 saturated heterocycles. The lowest BCUT2D eigenvalue weighted by Crippen LogP contribution is -2.27. The molecular formula is C24H26O7. The van der Waals surface area contributed by atoms with Crippen LogP contribution in [0.15, 0.2) is 45.6 Å². The summed E-state index contributed by atoms with van der Waals surface area (Å²) in [6, 6.07) is 10.3. The van der Waals surface area contributed by atoms with Crippen molar-refractivity contribution in [3.8, 4) is 28.4 Å². The minimum atomic E-state index is -0.585. The van der Waals surface area contributed by atoms with Crippen molar-refractivity contribution < 1.29 is 28.2 Å². The maximum Gasteiger partial charge on any atom is 0.344 e. The second kappa shape index (κ2) is 8.71. The molecule has 3 aromatic rings. The first kappa shape index (κ1) is 22.2. The summed E-state index contributed by atoms with van der Waals surface area (Å²) in [5.41, 5.74) is 1.17. The van der Waals surface area contributed by atoms with Crippen molar-refractivity contribution in [2.45, 2.75) is 33.3 Å². The Morgan fingerprint density at radius 1 is 1.00 bits per heavy atom. The highest BCUT2D eigenvalue weighted by Gasteiger charge is 2.18. The van der Waals surface area contributed by atoms with Crippen molar-refractivity contribution >= 4 is 16.9 Å². The summed E-state index contributed by atoms with van der Waals surface area (Å²) < 4.78 is 27.0. The summed E-state index contributed by atoms with van der Waals surface area (Å²) in [6.45, 7) is 7.00. The first-order chi connectivity index (χ1) is 14.6. The van der Waals surface area contributed by atoms with Gasteiger partial charge in [0.05, 0.1) is 19.8 Å². The maximum atomic E-state index is 12.7. The average Bonchev–Trinajstić information content (AvgIpc) is 2.71. The fourth-order valence-electron chi connectivity index (χ4n) is 3.26. The first-order valence-corrected chi connectivity index (χ1v) is 9.77. The third-order valence-electron chi connectivity index (χ3n) is 4.59. The largest absolute Gasteiger partial charge is 0.493 e. The molecule has 0 saturated carbocycles. The maximum absolute atomic E-state index is 12.7. The third kappa shape index (κ3) is 4.99. The Balaban J connectivity index is 1.98. The highest BCUT2D eigenvalue weighted by molar-refractivity contribution is 5.88. The van der Waals surface area contributed by atoms with E-state index in [1.165, 1.54) is 7.11 Å². The van der Waals surface area contributed by atoms with E-state index in [9.17, 15) is 9.59 Å². The van der Waals surface area contributed by atoms with Gasteiger partial charge in [0, 0.05) is 5.39 Å². The lowest BCUT2D eigenvalue weighted by Gasteiger charge is -2.19. The van der Waals surface area contributed by atoms with E-state index in [4.69, 9.17) is 23.4 Å². The van der Waals surface area contributed by atoms with E-state index in [-0.39, 0.29) is 6.61 Å². The van der Waals surface area contributed by atoms with Crippen molar-refractivity contribution in [3.05, 3.63) is 52.4 Å². The van der Waals surface area contributed by atoms with Gasteiger partial charge < -0.3 is 23.4 Å². The van der Waals surface area contributed by atoms with E-state index in [2.05, 4.69) is 0 Å². The zero-order valence-electron chi connectivity index (χ0n) is 18.5. The van der Waals surface area contributed by atoms with E-state index < -0.39 is 17.2 Å². The van der Waals surface area contributed by atoms with E-state index in [1.54, 1.807) is 64.3 Å². The van der Waals surface area contributed by atoms with Crippen LogP contribution >= 0.6 is 0 Å². The molecule has 0 radical (unpaired) electrons. The summed E-state index contributed by atoms with van der Waals surface area (Å²) in [5, 5.41) is 0.700. The van der Waals surface area contributed by atoms with Gasteiger partial charge in [-0.3, -0.25) is 0 Å². The standard InChI is InChI=1S/C24H26O7/c1-14-17-12-16(29-13-21(25)31-24(2,3)4)8-10-18(17)30-23(26)22(14)15-7-9-19(27-5)20(11-15)28-6/h7-12H,13H2,1-6H3. The Morgan fingerprint density at radius 3 is 2.35 bits per heavy atom. The predicted octanol–water partition coefficient (Wildman–Crippen LogP) is 4.51. The number of rotatable bonds is 6. The molecule has 2 aromatic carbocycles. The Labute approximate surface area is 180 Å². The van der Waals surface area contributed by atoms with Crippen LogP contribution in [-0.2, 0) is 9.53 Å². The number of aryl methyl sites for hydroxylation is 1. The SMILES string of the molecule is COc1ccc(-c2c(C)c3cc(OCC(=O)OC(C)(C)C)ccc3oc2=O)cc1OC. The normalized spacial score (nSPS) is 11.3. The molecule has 0 aliphatic carbocycles. The van der Waals surface area contributed by atoms with Crippen molar-refractivity contribution in [2.75, 3.05) is 20.8 Å². The quantitative estimate of drug-likeness (QED) is 0.424. The summed E-state index contributed by atoms with van der Waals surface area (Å²) in [7, 11) is 3.08. The van der Waals surface area contributed by atoms with Crippen molar-refractivity contribution in [1.82, 2.24) is 0 Å². The molecule has 0 N–H and O–H groups in total. The molecular weight excluding hydrogens is 400 g/mol. The molecule has 0 unspecified atom stereocenters. The third-order valence-corrected chi connectivity index (χ3v) is 4.59. The summed E-state index contributed by atoms with van der Waals surface area (Å²) in [6.07, 6.45) is 0. The van der Waals surface area contributed by atoms with Gasteiger partial charge in [0.25, 0.3) is 0 Å². The molecule has 31 heavy (non-hydrogen) atoms. The lowest BCUT2D eigenvalue weighted by atomic mass is 9.99. The summed E-state index contributed by atoms with van der Waals surface area (Å²) in [5.74, 6) is 1.07. The van der Waals surface area contributed by atoms with Crippen LogP contribution in [0.2, 0.25) is 0 Å². The van der Waals surface area contributed by atoms with Crippen LogP contribution in [0.25, 0.3) is 22.1 Å². The molecule has 0 bridgehead atoms. The van der Waals surface area contributed by atoms with Gasteiger partial charge in [0.2, 0.25) is 0 Å². The van der Waals surface area contributed by atoms with E-state index in [0.717, 1.165) is 5.56 Å². The van der Waals surface area contributed by atoms with Crippen LogP contribution in [0.4, 0.5) is 0 Å². The van der Waals surface area contributed by atoms with Gasteiger partial charge in [-0.15, -0.1) is 0 Å². The Bertz CT molecular complexity index is 1170. The highest BCUT2D eigenvalue weighted by Crippen LogP contribution is 2.34. The fraction of sp³-hybridized carbons (Fsp3) is 0.333. The van der Waals surface area contributed by atoms with Crippen LogP contribution in [-0.4, -0.2) is 32.4 Å². The predicted molar refractivity (Wildman–Crippen MR) is 117 cm³/mol. The van der Waals surface area contributed by atoms with E-state index in [1.807, 2.05) is 6.92 Å².